The quantitative estimate of drug-likeness (QED) is 0.584. The number of aliphatic carboxylic acids is 1. The first kappa shape index (κ1) is 13.2. The molecule has 0 fully saturated rings. The molecule has 0 aliphatic heterocycles. The minimum atomic E-state index is -0.879. The third-order valence-electron chi connectivity index (χ3n) is 2.87. The molecular formula is C12H19N3O2. The lowest BCUT2D eigenvalue weighted by atomic mass is 9.99. The molecule has 0 aromatic heterocycles. The lowest BCUT2D eigenvalue weighted by Gasteiger charge is -2.22. The number of carboxylic acids is 1. The van der Waals surface area contributed by atoms with Gasteiger partial charge in [-0.05, 0) is 24.1 Å². The van der Waals surface area contributed by atoms with Gasteiger partial charge in [0.15, 0.2) is 0 Å². The molecule has 0 saturated carbocycles. The predicted octanol–water partition coefficient (Wildman–Crippen LogP) is 1.76. The number of rotatable bonds is 5. The number of carboxylic acid groups (broad SMARTS) is 1. The highest BCUT2D eigenvalue weighted by Gasteiger charge is 2.23. The van der Waals surface area contributed by atoms with Crippen molar-refractivity contribution in [2.75, 3.05) is 16.8 Å². The van der Waals surface area contributed by atoms with E-state index >= 15 is 0 Å². The Kier molecular flexibility index (Phi) is 4.20. The number of anilines is 3. The Morgan fingerprint density at radius 1 is 1.47 bits per heavy atom. The summed E-state index contributed by atoms with van der Waals surface area (Å²) in [5.74, 6) is -0.861. The van der Waals surface area contributed by atoms with E-state index in [-0.39, 0.29) is 5.92 Å². The van der Waals surface area contributed by atoms with E-state index < -0.39 is 12.0 Å². The van der Waals surface area contributed by atoms with E-state index in [1.165, 1.54) is 0 Å². The zero-order valence-corrected chi connectivity index (χ0v) is 10.1. The van der Waals surface area contributed by atoms with Crippen LogP contribution >= 0.6 is 0 Å². The Hall–Kier alpha value is -1.91. The molecule has 1 aromatic rings. The Morgan fingerprint density at radius 3 is 2.59 bits per heavy atom. The summed E-state index contributed by atoms with van der Waals surface area (Å²) in [7, 11) is 0. The van der Waals surface area contributed by atoms with Crippen LogP contribution in [0.2, 0.25) is 0 Å². The first-order valence-electron chi connectivity index (χ1n) is 5.60. The molecule has 5 nitrogen and oxygen atoms in total. The van der Waals surface area contributed by atoms with Crippen molar-refractivity contribution in [3.63, 3.8) is 0 Å². The van der Waals surface area contributed by atoms with Crippen LogP contribution in [0.1, 0.15) is 20.3 Å². The number of nitrogens with one attached hydrogen (secondary N) is 1. The van der Waals surface area contributed by atoms with E-state index in [2.05, 4.69) is 5.32 Å². The summed E-state index contributed by atoms with van der Waals surface area (Å²) in [6, 6.07) is 4.35. The van der Waals surface area contributed by atoms with Crippen LogP contribution in [-0.4, -0.2) is 17.1 Å². The van der Waals surface area contributed by atoms with E-state index in [1.807, 2.05) is 13.8 Å². The molecule has 0 aliphatic carbocycles. The topological polar surface area (TPSA) is 101 Å². The highest BCUT2D eigenvalue weighted by molar-refractivity contribution is 5.81. The van der Waals surface area contributed by atoms with Gasteiger partial charge in [0.2, 0.25) is 0 Å². The summed E-state index contributed by atoms with van der Waals surface area (Å²) >= 11 is 0. The van der Waals surface area contributed by atoms with E-state index in [1.54, 1.807) is 18.2 Å². The van der Waals surface area contributed by atoms with Crippen molar-refractivity contribution in [2.45, 2.75) is 26.3 Å². The summed E-state index contributed by atoms with van der Waals surface area (Å²) in [6.45, 7) is 3.84. The first-order chi connectivity index (χ1) is 7.95. The summed E-state index contributed by atoms with van der Waals surface area (Å²) in [6.07, 6.45) is 0.777. The zero-order chi connectivity index (χ0) is 13.0. The van der Waals surface area contributed by atoms with Gasteiger partial charge in [0.25, 0.3) is 0 Å². The average molecular weight is 237 g/mol. The monoisotopic (exact) mass is 237 g/mol. The minimum Gasteiger partial charge on any atom is -0.480 e. The second-order valence-corrected chi connectivity index (χ2v) is 4.19. The normalized spacial score (nSPS) is 14.0. The fourth-order valence-electron chi connectivity index (χ4n) is 1.56. The molecule has 0 radical (unpaired) electrons. The summed E-state index contributed by atoms with van der Waals surface area (Å²) in [5.41, 5.74) is 13.0. The van der Waals surface area contributed by atoms with Crippen LogP contribution in [0.25, 0.3) is 0 Å². The van der Waals surface area contributed by atoms with Crippen LogP contribution in [0, 0.1) is 5.92 Å². The molecule has 0 bridgehead atoms. The maximum absolute atomic E-state index is 11.2. The van der Waals surface area contributed by atoms with Gasteiger partial charge in [-0.3, -0.25) is 0 Å². The smallest absolute Gasteiger partial charge is 0.326 e. The molecule has 2 unspecified atom stereocenters. The number of hydrogen-bond donors (Lipinski definition) is 4. The van der Waals surface area contributed by atoms with Crippen LogP contribution in [0.5, 0.6) is 0 Å². The molecular weight excluding hydrogens is 218 g/mol. The SMILES string of the molecule is CCC(C)C(Nc1ccc(N)cc1N)C(=O)O. The molecule has 94 valence electrons. The number of nitrogen functional groups attached to an aromatic ring is 2. The van der Waals surface area contributed by atoms with Crippen LogP contribution < -0.4 is 16.8 Å². The van der Waals surface area contributed by atoms with Crippen molar-refractivity contribution in [1.82, 2.24) is 0 Å². The van der Waals surface area contributed by atoms with Gasteiger partial charge in [-0.1, -0.05) is 20.3 Å². The maximum atomic E-state index is 11.2. The fourth-order valence-corrected chi connectivity index (χ4v) is 1.56. The van der Waals surface area contributed by atoms with Gasteiger partial charge in [0, 0.05) is 5.69 Å². The summed E-state index contributed by atoms with van der Waals surface area (Å²) in [4.78, 5) is 11.2. The van der Waals surface area contributed by atoms with E-state index in [9.17, 15) is 4.79 Å². The van der Waals surface area contributed by atoms with Crippen molar-refractivity contribution < 1.29 is 9.90 Å². The zero-order valence-electron chi connectivity index (χ0n) is 10.1. The van der Waals surface area contributed by atoms with Crippen molar-refractivity contribution in [3.05, 3.63) is 18.2 Å². The van der Waals surface area contributed by atoms with Crippen LogP contribution in [-0.2, 0) is 4.79 Å². The van der Waals surface area contributed by atoms with E-state index in [0.717, 1.165) is 6.42 Å². The Balaban J connectivity index is 2.90. The molecule has 1 aromatic carbocycles. The van der Waals surface area contributed by atoms with Crippen LogP contribution in [0.4, 0.5) is 17.1 Å². The van der Waals surface area contributed by atoms with Gasteiger partial charge in [-0.25, -0.2) is 4.79 Å². The molecule has 5 heteroatoms. The van der Waals surface area contributed by atoms with Crippen LogP contribution in [0.3, 0.4) is 0 Å². The Bertz CT molecular complexity index is 407. The average Bonchev–Trinajstić information content (AvgIpc) is 2.26. The highest BCUT2D eigenvalue weighted by atomic mass is 16.4. The first-order valence-corrected chi connectivity index (χ1v) is 5.60. The molecule has 6 N–H and O–H groups in total. The van der Waals surface area contributed by atoms with Gasteiger partial charge >= 0.3 is 5.97 Å². The number of carbonyl (C=O) groups is 1. The predicted molar refractivity (Wildman–Crippen MR) is 69.8 cm³/mol. The molecule has 0 saturated heterocycles. The van der Waals surface area contributed by atoms with Crippen molar-refractivity contribution in [1.29, 1.82) is 0 Å². The Labute approximate surface area is 101 Å². The number of benzene rings is 1. The lowest BCUT2D eigenvalue weighted by molar-refractivity contribution is -0.139. The molecule has 0 amide bonds. The van der Waals surface area contributed by atoms with Crippen molar-refractivity contribution >= 4 is 23.0 Å². The van der Waals surface area contributed by atoms with Gasteiger partial charge in [-0.2, -0.15) is 0 Å². The van der Waals surface area contributed by atoms with E-state index in [0.29, 0.717) is 17.1 Å². The molecule has 0 spiro atoms. The lowest BCUT2D eigenvalue weighted by Crippen LogP contribution is -2.35. The minimum absolute atomic E-state index is 0.0180. The molecule has 17 heavy (non-hydrogen) atoms. The fraction of sp³-hybridized carbons (Fsp3) is 0.417. The molecule has 0 aliphatic rings. The van der Waals surface area contributed by atoms with Gasteiger partial charge in [-0.15, -0.1) is 0 Å². The van der Waals surface area contributed by atoms with Gasteiger partial charge in [0.1, 0.15) is 6.04 Å². The van der Waals surface area contributed by atoms with Gasteiger partial charge in [0.05, 0.1) is 11.4 Å². The van der Waals surface area contributed by atoms with E-state index in [4.69, 9.17) is 16.6 Å². The molecule has 2 atom stereocenters. The van der Waals surface area contributed by atoms with Gasteiger partial charge < -0.3 is 21.9 Å². The molecule has 0 heterocycles. The second kappa shape index (κ2) is 5.43. The summed E-state index contributed by atoms with van der Waals surface area (Å²) < 4.78 is 0. The third-order valence-corrected chi connectivity index (χ3v) is 2.87. The summed E-state index contributed by atoms with van der Waals surface area (Å²) in [5, 5.41) is 12.1. The number of hydrogen-bond acceptors (Lipinski definition) is 4. The largest absolute Gasteiger partial charge is 0.480 e. The van der Waals surface area contributed by atoms with Crippen molar-refractivity contribution in [3.8, 4) is 0 Å². The second-order valence-electron chi connectivity index (χ2n) is 4.19. The standard InChI is InChI=1S/C12H19N3O2/c1-3-7(2)11(12(16)17)15-10-5-4-8(13)6-9(10)14/h4-7,11,15H,3,13-14H2,1-2H3,(H,16,17). The van der Waals surface area contributed by atoms with Crippen molar-refractivity contribution in [2.24, 2.45) is 5.92 Å². The Morgan fingerprint density at radius 2 is 2.12 bits per heavy atom. The number of nitrogens with two attached hydrogens (primary N) is 2. The highest BCUT2D eigenvalue weighted by Crippen LogP contribution is 2.23. The van der Waals surface area contributed by atoms with Crippen LogP contribution in [0.15, 0.2) is 18.2 Å². The molecule has 1 rings (SSSR count). The maximum Gasteiger partial charge on any atom is 0.326 e. The third kappa shape index (κ3) is 3.27.